The fourth-order valence-electron chi connectivity index (χ4n) is 2.51. The van der Waals surface area contributed by atoms with Gasteiger partial charge in [-0.2, -0.15) is 8.42 Å². The SMILES string of the molecule is CCS(=O)(=O)Oc1ccc(CN(CC(C)C)C(=O)Nc2ccc(F)c(F)c2)cc1. The number of hydrogen-bond donors (Lipinski definition) is 1. The number of benzene rings is 2. The molecule has 6 nitrogen and oxygen atoms in total. The van der Waals surface area contributed by atoms with Gasteiger partial charge in [-0.3, -0.25) is 0 Å². The molecule has 1 N–H and O–H groups in total. The second-order valence-electron chi connectivity index (χ2n) is 6.91. The first-order chi connectivity index (χ1) is 13.6. The number of halogens is 2. The molecular weight excluding hydrogens is 402 g/mol. The average Bonchev–Trinajstić information content (AvgIpc) is 2.65. The van der Waals surface area contributed by atoms with Crippen molar-refractivity contribution in [2.45, 2.75) is 27.3 Å². The van der Waals surface area contributed by atoms with Gasteiger partial charge in [0.15, 0.2) is 11.6 Å². The van der Waals surface area contributed by atoms with Gasteiger partial charge in [0.25, 0.3) is 0 Å². The maximum Gasteiger partial charge on any atom is 0.322 e. The quantitative estimate of drug-likeness (QED) is 0.636. The molecule has 0 aromatic heterocycles. The van der Waals surface area contributed by atoms with Crippen LogP contribution in [0.3, 0.4) is 0 Å². The van der Waals surface area contributed by atoms with Gasteiger partial charge in [-0.25, -0.2) is 13.6 Å². The highest BCUT2D eigenvalue weighted by molar-refractivity contribution is 7.87. The number of urea groups is 1. The lowest BCUT2D eigenvalue weighted by atomic mass is 10.1. The van der Waals surface area contributed by atoms with Gasteiger partial charge in [0.2, 0.25) is 0 Å². The summed E-state index contributed by atoms with van der Waals surface area (Å²) in [7, 11) is -3.61. The molecule has 0 aliphatic carbocycles. The van der Waals surface area contributed by atoms with Gasteiger partial charge in [0.1, 0.15) is 5.75 Å². The summed E-state index contributed by atoms with van der Waals surface area (Å²) in [5.74, 6) is -1.81. The standard InChI is InChI=1S/C20H24F2N2O4S/c1-4-29(26,27)28-17-8-5-15(6-9-17)13-24(12-14(2)3)20(25)23-16-7-10-18(21)19(22)11-16/h5-11,14H,4,12-13H2,1-3H3,(H,23,25). The Labute approximate surface area is 169 Å². The number of rotatable bonds is 8. The predicted octanol–water partition coefficient (Wildman–Crippen LogP) is 4.38. The molecule has 2 amide bonds. The Kier molecular flexibility index (Phi) is 7.55. The summed E-state index contributed by atoms with van der Waals surface area (Å²) >= 11 is 0. The molecule has 0 heterocycles. The van der Waals surface area contributed by atoms with Crippen molar-refractivity contribution >= 4 is 21.8 Å². The maximum atomic E-state index is 13.4. The molecule has 0 aliphatic rings. The molecular formula is C20H24F2N2O4S. The van der Waals surface area contributed by atoms with Crippen LogP contribution in [0.4, 0.5) is 19.3 Å². The molecule has 0 fully saturated rings. The van der Waals surface area contributed by atoms with Crippen LogP contribution in [0.25, 0.3) is 0 Å². The van der Waals surface area contributed by atoms with Gasteiger partial charge < -0.3 is 14.4 Å². The topological polar surface area (TPSA) is 75.7 Å². The van der Waals surface area contributed by atoms with Crippen molar-refractivity contribution < 1.29 is 26.2 Å². The molecule has 0 atom stereocenters. The van der Waals surface area contributed by atoms with Gasteiger partial charge in [-0.05, 0) is 42.7 Å². The van der Waals surface area contributed by atoms with E-state index in [0.29, 0.717) is 6.54 Å². The zero-order valence-corrected chi connectivity index (χ0v) is 17.3. The van der Waals surface area contributed by atoms with E-state index in [2.05, 4.69) is 5.32 Å². The third-order valence-corrected chi connectivity index (χ3v) is 5.07. The largest absolute Gasteiger partial charge is 0.382 e. The highest BCUT2D eigenvalue weighted by Gasteiger charge is 2.17. The highest BCUT2D eigenvalue weighted by Crippen LogP contribution is 2.18. The summed E-state index contributed by atoms with van der Waals surface area (Å²) in [5.41, 5.74) is 0.906. The van der Waals surface area contributed by atoms with Crippen LogP contribution in [-0.2, 0) is 16.7 Å². The van der Waals surface area contributed by atoms with Gasteiger partial charge >= 0.3 is 16.1 Å². The predicted molar refractivity (Wildman–Crippen MR) is 107 cm³/mol. The fraction of sp³-hybridized carbons (Fsp3) is 0.350. The van der Waals surface area contributed by atoms with Crippen molar-refractivity contribution in [3.8, 4) is 5.75 Å². The summed E-state index contributed by atoms with van der Waals surface area (Å²) in [6.07, 6.45) is 0. The summed E-state index contributed by atoms with van der Waals surface area (Å²) in [6.45, 7) is 6.06. The summed E-state index contributed by atoms with van der Waals surface area (Å²) in [6, 6.07) is 9.05. The Balaban J connectivity index is 2.11. The molecule has 2 aromatic carbocycles. The number of carbonyl (C=O) groups is 1. The Morgan fingerprint density at radius 3 is 2.31 bits per heavy atom. The molecule has 0 spiro atoms. The van der Waals surface area contributed by atoms with Crippen molar-refractivity contribution in [2.24, 2.45) is 5.92 Å². The minimum Gasteiger partial charge on any atom is -0.382 e. The van der Waals surface area contributed by atoms with Crippen molar-refractivity contribution in [1.82, 2.24) is 4.90 Å². The molecule has 158 valence electrons. The Bertz CT molecular complexity index is 947. The summed E-state index contributed by atoms with van der Waals surface area (Å²) in [5, 5.41) is 2.56. The number of amides is 2. The van der Waals surface area contributed by atoms with E-state index in [1.807, 2.05) is 13.8 Å². The van der Waals surface area contributed by atoms with E-state index in [1.54, 1.807) is 12.1 Å². The number of nitrogens with one attached hydrogen (secondary N) is 1. The van der Waals surface area contributed by atoms with Crippen LogP contribution in [-0.4, -0.2) is 31.6 Å². The van der Waals surface area contributed by atoms with Gasteiger partial charge in [-0.15, -0.1) is 0 Å². The summed E-state index contributed by atoms with van der Waals surface area (Å²) < 4.78 is 54.4. The average molecular weight is 426 g/mol. The molecule has 9 heteroatoms. The van der Waals surface area contributed by atoms with Crippen molar-refractivity contribution in [3.05, 3.63) is 59.7 Å². The third-order valence-electron chi connectivity index (χ3n) is 3.92. The zero-order valence-electron chi connectivity index (χ0n) is 16.5. The van der Waals surface area contributed by atoms with Crippen LogP contribution in [0, 0.1) is 17.6 Å². The van der Waals surface area contributed by atoms with Crippen LogP contribution in [0.5, 0.6) is 5.75 Å². The van der Waals surface area contributed by atoms with E-state index in [-0.39, 0.29) is 29.7 Å². The number of hydrogen-bond acceptors (Lipinski definition) is 4. The molecule has 0 saturated carbocycles. The molecule has 0 saturated heterocycles. The number of nitrogens with zero attached hydrogens (tertiary/aromatic N) is 1. The molecule has 2 rings (SSSR count). The second-order valence-corrected chi connectivity index (χ2v) is 8.77. The van der Waals surface area contributed by atoms with E-state index in [9.17, 15) is 22.0 Å². The van der Waals surface area contributed by atoms with Crippen LogP contribution in [0.1, 0.15) is 26.3 Å². The van der Waals surface area contributed by atoms with E-state index in [4.69, 9.17) is 4.18 Å². The molecule has 29 heavy (non-hydrogen) atoms. The monoisotopic (exact) mass is 426 g/mol. The normalized spacial score (nSPS) is 11.4. The maximum absolute atomic E-state index is 13.4. The van der Waals surface area contributed by atoms with Crippen molar-refractivity contribution in [3.63, 3.8) is 0 Å². The molecule has 2 aromatic rings. The number of anilines is 1. The Morgan fingerprint density at radius 2 is 1.76 bits per heavy atom. The van der Waals surface area contributed by atoms with Gasteiger partial charge in [0.05, 0.1) is 5.75 Å². The Hall–Kier alpha value is -2.68. The highest BCUT2D eigenvalue weighted by atomic mass is 32.2. The van der Waals surface area contributed by atoms with Crippen LogP contribution < -0.4 is 9.50 Å². The third kappa shape index (κ3) is 7.01. The van der Waals surface area contributed by atoms with Crippen molar-refractivity contribution in [2.75, 3.05) is 17.6 Å². The zero-order chi connectivity index (χ0) is 21.6. The van der Waals surface area contributed by atoms with Gasteiger partial charge in [-0.1, -0.05) is 26.0 Å². The van der Waals surface area contributed by atoms with Gasteiger partial charge in [0, 0.05) is 24.8 Å². The smallest absolute Gasteiger partial charge is 0.322 e. The van der Waals surface area contributed by atoms with E-state index < -0.39 is 27.8 Å². The van der Waals surface area contributed by atoms with E-state index in [0.717, 1.165) is 17.7 Å². The molecule has 0 aliphatic heterocycles. The molecule has 0 unspecified atom stereocenters. The minimum atomic E-state index is -3.61. The van der Waals surface area contributed by atoms with E-state index >= 15 is 0 Å². The van der Waals surface area contributed by atoms with Crippen molar-refractivity contribution in [1.29, 1.82) is 0 Å². The Morgan fingerprint density at radius 1 is 1.10 bits per heavy atom. The van der Waals surface area contributed by atoms with Crippen LogP contribution in [0.2, 0.25) is 0 Å². The molecule has 0 bridgehead atoms. The first-order valence-electron chi connectivity index (χ1n) is 9.11. The van der Waals surface area contributed by atoms with Crippen LogP contribution in [0.15, 0.2) is 42.5 Å². The van der Waals surface area contributed by atoms with E-state index in [1.165, 1.54) is 30.0 Å². The number of carbonyl (C=O) groups excluding carboxylic acids is 1. The summed E-state index contributed by atoms with van der Waals surface area (Å²) in [4.78, 5) is 14.2. The first-order valence-corrected chi connectivity index (χ1v) is 10.7. The lowest BCUT2D eigenvalue weighted by Gasteiger charge is -2.25. The lowest BCUT2D eigenvalue weighted by Crippen LogP contribution is -2.37. The lowest BCUT2D eigenvalue weighted by molar-refractivity contribution is 0.201. The fourth-order valence-corrected chi connectivity index (χ4v) is 3.03. The first kappa shape index (κ1) is 22.6. The van der Waals surface area contributed by atoms with Crippen LogP contribution >= 0.6 is 0 Å². The minimum absolute atomic E-state index is 0.138. The second kappa shape index (κ2) is 9.69. The molecule has 0 radical (unpaired) electrons.